The maximum atomic E-state index is 9.85. The van der Waals surface area contributed by atoms with Crippen molar-refractivity contribution >= 4 is 23.8 Å². The molecule has 100 valence electrons. The van der Waals surface area contributed by atoms with Crippen LogP contribution in [0.5, 0.6) is 0 Å². The highest BCUT2D eigenvalue weighted by molar-refractivity contribution is 5.70. The Hall–Kier alpha value is -3.16. The Balaban J connectivity index is 0.000000411. The second-order valence-corrected chi connectivity index (χ2v) is 2.39. The molecule has 0 aromatic carbocycles. The third-order valence-corrected chi connectivity index (χ3v) is 1.14. The molecule has 0 fully saturated rings. The normalized spacial score (nSPS) is 9.94. The van der Waals surface area contributed by atoms with E-state index in [0.29, 0.717) is 0 Å². The topological polar surface area (TPSA) is 252 Å². The average molecular weight is 260 g/mol. The summed E-state index contributed by atoms with van der Waals surface area (Å²) in [6.45, 7) is 0. The maximum Gasteiger partial charge on any atom is 0.379 e. The van der Waals surface area contributed by atoms with Crippen LogP contribution in [0, 0.1) is 10.1 Å². The Labute approximate surface area is 99.7 Å². The molecule has 18 heavy (non-hydrogen) atoms. The monoisotopic (exact) mass is 260 g/mol. The van der Waals surface area contributed by atoms with Crippen molar-refractivity contribution < 1.29 is 10.1 Å². The first-order valence-electron chi connectivity index (χ1n) is 4.07. The Morgan fingerprint density at radius 3 is 2.11 bits per heavy atom. The number of rotatable bonds is 2. The highest BCUT2D eigenvalue weighted by Crippen LogP contribution is 2.12. The van der Waals surface area contributed by atoms with Crippen LogP contribution in [-0.4, -0.2) is 25.9 Å². The molecule has 14 nitrogen and oxygen atoms in total. The number of nitrogens with zero attached hydrogens (tertiary/aromatic N) is 5. The predicted octanol–water partition coefficient (Wildman–Crippen LogP) is -5.05. The fraction of sp³-hybridized carbons (Fsp3) is 0. The summed E-state index contributed by atoms with van der Waals surface area (Å²) in [6.07, 6.45) is 0. The molecule has 1 heterocycles. The predicted molar refractivity (Wildman–Crippen MR) is 60.3 cm³/mol. The van der Waals surface area contributed by atoms with E-state index in [-0.39, 0.29) is 17.9 Å². The van der Waals surface area contributed by atoms with Crippen LogP contribution in [0.25, 0.3) is 5.43 Å². The van der Waals surface area contributed by atoms with Crippen LogP contribution < -0.4 is 39.4 Å². The van der Waals surface area contributed by atoms with Crippen molar-refractivity contribution in [3.63, 3.8) is 0 Å². The minimum absolute atomic E-state index is 0.148. The minimum atomic E-state index is -0.950. The molecule has 1 aromatic heterocycles. The number of hydrazine groups is 2. The summed E-state index contributed by atoms with van der Waals surface area (Å²) in [6, 6.07) is 0. The number of nitrogens with one attached hydrogen (secondary N) is 2. The van der Waals surface area contributed by atoms with E-state index in [9.17, 15) is 10.1 Å². The number of hydrogen-bond acceptors (Lipinski definition) is 9. The van der Waals surface area contributed by atoms with E-state index in [1.54, 1.807) is 0 Å². The average Bonchev–Trinajstić information content (AvgIpc) is 2.26. The van der Waals surface area contributed by atoms with Crippen LogP contribution in [0.4, 0.5) is 17.8 Å². The third-order valence-electron chi connectivity index (χ3n) is 1.14. The van der Waals surface area contributed by atoms with Gasteiger partial charge in [0, 0.05) is 0 Å². The van der Waals surface area contributed by atoms with Crippen molar-refractivity contribution in [3.05, 3.63) is 15.5 Å². The number of hydrogen-bond donors (Lipinski definition) is 7. The van der Waals surface area contributed by atoms with Crippen molar-refractivity contribution in [2.45, 2.75) is 0 Å². The highest BCUT2D eigenvalue weighted by Gasteiger charge is 1.96. The van der Waals surface area contributed by atoms with E-state index >= 15 is 0 Å². The Morgan fingerprint density at radius 1 is 1.33 bits per heavy atom. The number of aromatic nitrogens is 3. The van der Waals surface area contributed by atoms with Gasteiger partial charge in [0.2, 0.25) is 0 Å². The van der Waals surface area contributed by atoms with E-state index in [4.69, 9.17) is 28.9 Å². The Morgan fingerprint density at radius 2 is 1.83 bits per heavy atom. The van der Waals surface area contributed by atoms with Crippen molar-refractivity contribution in [1.82, 2.24) is 20.4 Å². The third kappa shape index (κ3) is 6.35. The zero-order valence-corrected chi connectivity index (χ0v) is 8.94. The fourth-order valence-electron chi connectivity index (χ4n) is 0.557. The fourth-order valence-corrected chi connectivity index (χ4v) is 0.557. The lowest BCUT2D eigenvalue weighted by atomic mass is 10.8. The first-order chi connectivity index (χ1) is 8.38. The van der Waals surface area contributed by atoms with E-state index < -0.39 is 11.0 Å². The van der Waals surface area contributed by atoms with Gasteiger partial charge in [-0.1, -0.05) is 5.43 Å². The second-order valence-electron chi connectivity index (χ2n) is 2.39. The van der Waals surface area contributed by atoms with E-state index in [1.165, 1.54) is 0 Å². The standard InChI is InChI=1S/C3H4N7O2.CH7N5/c4-1-6-2(5)8-3(7-1)9-10(11)12;2-1(5-3)6-4/h(H4-,4,5,6,7,8,9);3-4H2,(H3,2,5,6)/q-1;/p+1. The van der Waals surface area contributed by atoms with Crippen molar-refractivity contribution in [2.24, 2.45) is 17.4 Å². The van der Waals surface area contributed by atoms with E-state index in [1.807, 2.05) is 0 Å². The lowest BCUT2D eigenvalue weighted by molar-refractivity contribution is -0.472. The molecule has 0 bridgehead atoms. The maximum absolute atomic E-state index is 9.85. The summed E-state index contributed by atoms with van der Waals surface area (Å²) in [4.78, 5) is 19.9. The van der Waals surface area contributed by atoms with Gasteiger partial charge in [0.1, 0.15) is 11.0 Å². The van der Waals surface area contributed by atoms with Crippen molar-refractivity contribution in [3.8, 4) is 0 Å². The number of guanidine groups is 1. The number of nitrogens with two attached hydrogens (primary N) is 5. The number of hydrazone groups is 1. The number of nitro groups is 1. The smallest absolute Gasteiger partial charge is 0.379 e. The molecule has 14 heteroatoms. The van der Waals surface area contributed by atoms with Crippen LogP contribution in [-0.2, 0) is 0 Å². The van der Waals surface area contributed by atoms with E-state index in [0.717, 1.165) is 0 Å². The van der Waals surface area contributed by atoms with Crippen LogP contribution in [0.1, 0.15) is 0 Å². The first-order valence-corrected chi connectivity index (χ1v) is 4.07. The highest BCUT2D eigenvalue weighted by atomic mass is 16.7. The Bertz CT molecular complexity index is 410. The molecular weight excluding hydrogens is 248 g/mol. The molecule has 0 aliphatic heterocycles. The molecule has 1 rings (SSSR count). The molecule has 0 radical (unpaired) electrons. The molecule has 12 N–H and O–H groups in total. The van der Waals surface area contributed by atoms with Gasteiger partial charge in [0.15, 0.2) is 11.9 Å². The molecule has 0 spiro atoms. The molecule has 0 unspecified atom stereocenters. The van der Waals surface area contributed by atoms with Crippen molar-refractivity contribution in [1.29, 1.82) is 0 Å². The van der Waals surface area contributed by atoms with Crippen LogP contribution in [0.15, 0.2) is 0 Å². The van der Waals surface area contributed by atoms with Gasteiger partial charge >= 0.3 is 5.96 Å². The number of nitrogen functional groups attached to an aromatic ring is 2. The Kier molecular flexibility index (Phi) is 5.91. The summed E-state index contributed by atoms with van der Waals surface area (Å²) < 4.78 is 0. The van der Waals surface area contributed by atoms with Gasteiger partial charge in [-0.3, -0.25) is 11.6 Å². The molecular formula is C4H12N12O2. The summed E-state index contributed by atoms with van der Waals surface area (Å²) in [5, 5.41) is 11.0. The summed E-state index contributed by atoms with van der Waals surface area (Å²) in [7, 11) is 0. The summed E-state index contributed by atoms with van der Waals surface area (Å²) in [5.74, 6) is 8.78. The number of anilines is 2. The van der Waals surface area contributed by atoms with Gasteiger partial charge in [-0.05, 0) is 0 Å². The minimum Gasteiger partial charge on any atom is -0.381 e. The molecule has 0 amide bonds. The van der Waals surface area contributed by atoms with Crippen molar-refractivity contribution in [2.75, 3.05) is 11.5 Å². The SMILES string of the molecule is NN/C(N)=[NH+]\N.Nc1nc(N)nc([N-][N+](=O)[O-])n1. The van der Waals surface area contributed by atoms with Gasteiger partial charge < -0.3 is 21.4 Å². The molecule has 0 saturated carbocycles. The van der Waals surface area contributed by atoms with Gasteiger partial charge in [0.05, 0.1) is 0 Å². The summed E-state index contributed by atoms with van der Waals surface area (Å²) in [5.41, 5.74) is 20.0. The van der Waals surface area contributed by atoms with Gasteiger partial charge in [-0.25, -0.2) is 20.5 Å². The molecule has 0 aliphatic carbocycles. The van der Waals surface area contributed by atoms with Gasteiger partial charge in [-0.15, -0.1) is 0 Å². The van der Waals surface area contributed by atoms with Gasteiger partial charge in [0.25, 0.3) is 0 Å². The van der Waals surface area contributed by atoms with Crippen LogP contribution in [0.2, 0.25) is 0 Å². The van der Waals surface area contributed by atoms with E-state index in [2.05, 4.69) is 30.9 Å². The molecule has 0 atom stereocenters. The van der Waals surface area contributed by atoms with Crippen LogP contribution >= 0.6 is 0 Å². The zero-order chi connectivity index (χ0) is 14.1. The lowest BCUT2D eigenvalue weighted by Gasteiger charge is -2.05. The van der Waals surface area contributed by atoms with Gasteiger partial charge in [-0.2, -0.15) is 10.9 Å². The zero-order valence-electron chi connectivity index (χ0n) is 8.94. The second kappa shape index (κ2) is 7.17. The quantitative estimate of drug-likeness (QED) is 0.0869. The largest absolute Gasteiger partial charge is 0.381 e. The summed E-state index contributed by atoms with van der Waals surface area (Å²) >= 11 is 0. The van der Waals surface area contributed by atoms with Crippen LogP contribution in [0.3, 0.4) is 0 Å². The lowest BCUT2D eigenvalue weighted by Crippen LogP contribution is -2.85. The molecule has 0 aliphatic rings. The molecule has 1 aromatic rings. The molecule has 0 saturated heterocycles. The first kappa shape index (κ1) is 14.8.